The predicted molar refractivity (Wildman–Crippen MR) is 96.3 cm³/mol. The summed E-state index contributed by atoms with van der Waals surface area (Å²) in [5.41, 5.74) is 0. The first-order chi connectivity index (χ1) is 10.7. The zero-order chi connectivity index (χ0) is 17.1. The molecule has 0 atom stereocenters. The van der Waals surface area contributed by atoms with Crippen LogP contribution in [0, 0.1) is 0 Å². The van der Waals surface area contributed by atoms with E-state index < -0.39 is 8.56 Å². The van der Waals surface area contributed by atoms with Gasteiger partial charge in [-0.1, -0.05) is 58.4 Å². The summed E-state index contributed by atoms with van der Waals surface area (Å²) in [4.78, 5) is 0. The Morgan fingerprint density at radius 2 is 1.64 bits per heavy atom. The Balaban J connectivity index is 0. The van der Waals surface area contributed by atoms with Crippen molar-refractivity contribution in [2.24, 2.45) is 0 Å². The maximum absolute atomic E-state index is 8.16. The first kappa shape index (κ1) is 23.8. The molecule has 1 aliphatic rings. The Bertz CT molecular complexity index is 263. The summed E-state index contributed by atoms with van der Waals surface area (Å²) < 4.78 is 11.6. The zero-order valence-corrected chi connectivity index (χ0v) is 15.9. The molecule has 0 radical (unpaired) electrons. The van der Waals surface area contributed by atoms with Gasteiger partial charge in [0.15, 0.2) is 0 Å². The van der Waals surface area contributed by atoms with Gasteiger partial charge in [-0.15, -0.1) is 0 Å². The van der Waals surface area contributed by atoms with Crippen LogP contribution in [-0.4, -0.2) is 45.2 Å². The number of hydrogen-bond acceptors (Lipinski definition) is 4. The van der Waals surface area contributed by atoms with E-state index in [-0.39, 0.29) is 13.2 Å². The molecule has 0 unspecified atom stereocenters. The Kier molecular flexibility index (Phi) is 20.1. The summed E-state index contributed by atoms with van der Waals surface area (Å²) in [7, 11) is -1.76. The smallest absolute Gasteiger partial charge is 0.337 e. The van der Waals surface area contributed by atoms with Crippen LogP contribution < -0.4 is 0 Å². The number of rotatable bonds is 5. The fraction of sp³-hybridized carbons (Fsp3) is 0.765. The summed E-state index contributed by atoms with van der Waals surface area (Å²) in [6.07, 6.45) is 10.5. The summed E-state index contributed by atoms with van der Waals surface area (Å²) in [6, 6.07) is 2.13. The maximum atomic E-state index is 8.16. The van der Waals surface area contributed by atoms with E-state index in [1.165, 1.54) is 6.42 Å². The monoisotopic (exact) mass is 332 g/mol. The highest BCUT2D eigenvalue weighted by molar-refractivity contribution is 6.67. The molecule has 1 rings (SSSR count). The van der Waals surface area contributed by atoms with Gasteiger partial charge in [-0.25, -0.2) is 0 Å². The van der Waals surface area contributed by atoms with Crippen LogP contribution in [0.1, 0.15) is 47.0 Å². The van der Waals surface area contributed by atoms with Gasteiger partial charge in [0.1, 0.15) is 0 Å². The molecule has 5 heteroatoms. The van der Waals surface area contributed by atoms with E-state index in [4.69, 9.17) is 19.1 Å². The van der Waals surface area contributed by atoms with Crippen molar-refractivity contribution in [2.45, 2.75) is 59.0 Å². The van der Waals surface area contributed by atoms with Crippen molar-refractivity contribution >= 4 is 8.56 Å². The van der Waals surface area contributed by atoms with E-state index in [0.717, 1.165) is 31.7 Å². The molecule has 0 amide bonds. The highest BCUT2D eigenvalue weighted by Gasteiger charge is 2.33. The van der Waals surface area contributed by atoms with Crippen molar-refractivity contribution in [3.8, 4) is 0 Å². The van der Waals surface area contributed by atoms with Gasteiger partial charge in [0, 0.05) is 13.2 Å². The molecule has 2 N–H and O–H groups in total. The van der Waals surface area contributed by atoms with Crippen LogP contribution in [-0.2, 0) is 8.85 Å². The van der Waals surface area contributed by atoms with Crippen molar-refractivity contribution in [2.75, 3.05) is 26.4 Å². The van der Waals surface area contributed by atoms with Gasteiger partial charge in [0.25, 0.3) is 0 Å². The highest BCUT2D eigenvalue weighted by atomic mass is 28.4. The molecule has 1 aliphatic heterocycles. The zero-order valence-electron chi connectivity index (χ0n) is 14.9. The molecule has 132 valence electrons. The van der Waals surface area contributed by atoms with Crippen molar-refractivity contribution in [1.29, 1.82) is 0 Å². The van der Waals surface area contributed by atoms with Crippen LogP contribution in [0.2, 0.25) is 12.1 Å². The standard InChI is InChI=1S/C9H18O2Si.C5H10O2.C3H8/c1-3-12(4-2)10-8-6-5-7-9-11-12;6-4-2-1-3-5-7;1-3-2/h5-6H,3-4,7-9H2,1-2H3;1-2,6-7H,3-5H2;3H2,1-2H3/b6-5-;2-1-;. The molecule has 0 aromatic rings. The van der Waals surface area contributed by atoms with E-state index in [2.05, 4.69) is 39.8 Å². The molecule has 4 nitrogen and oxygen atoms in total. The van der Waals surface area contributed by atoms with Gasteiger partial charge >= 0.3 is 8.56 Å². The predicted octanol–water partition coefficient (Wildman–Crippen LogP) is 3.80. The minimum Gasteiger partial charge on any atom is -0.396 e. The molecule has 0 aliphatic carbocycles. The summed E-state index contributed by atoms with van der Waals surface area (Å²) >= 11 is 0. The summed E-state index contributed by atoms with van der Waals surface area (Å²) in [6.45, 7) is 10.4. The normalized spacial score (nSPS) is 18.3. The Morgan fingerprint density at radius 3 is 2.14 bits per heavy atom. The lowest BCUT2D eigenvalue weighted by Gasteiger charge is -2.29. The quantitative estimate of drug-likeness (QED) is 0.594. The molecule has 0 aromatic carbocycles. The fourth-order valence-electron chi connectivity index (χ4n) is 1.67. The molecular formula is C17H36O4Si. The minimum absolute atomic E-state index is 0.0694. The average molecular weight is 333 g/mol. The van der Waals surface area contributed by atoms with E-state index in [1.54, 1.807) is 12.2 Å². The van der Waals surface area contributed by atoms with Crippen molar-refractivity contribution in [3.63, 3.8) is 0 Å². The van der Waals surface area contributed by atoms with Gasteiger partial charge in [-0.05, 0) is 24.9 Å². The van der Waals surface area contributed by atoms with E-state index in [0.29, 0.717) is 6.42 Å². The van der Waals surface area contributed by atoms with Crippen LogP contribution in [0.3, 0.4) is 0 Å². The summed E-state index contributed by atoms with van der Waals surface area (Å²) in [5.74, 6) is 0. The second kappa shape index (κ2) is 18.6. The van der Waals surface area contributed by atoms with Gasteiger partial charge in [0.2, 0.25) is 0 Å². The van der Waals surface area contributed by atoms with Crippen molar-refractivity contribution in [3.05, 3.63) is 24.3 Å². The third-order valence-electron chi connectivity index (χ3n) is 2.90. The molecule has 0 spiro atoms. The van der Waals surface area contributed by atoms with Crippen LogP contribution in [0.15, 0.2) is 24.3 Å². The lowest BCUT2D eigenvalue weighted by Crippen LogP contribution is -2.41. The largest absolute Gasteiger partial charge is 0.396 e. The van der Waals surface area contributed by atoms with Crippen LogP contribution in [0.5, 0.6) is 0 Å². The van der Waals surface area contributed by atoms with Gasteiger partial charge in [0.05, 0.1) is 13.2 Å². The number of aliphatic hydroxyl groups is 2. The summed E-state index contributed by atoms with van der Waals surface area (Å²) in [5, 5.41) is 16.3. The lowest BCUT2D eigenvalue weighted by atomic mass is 10.4. The third kappa shape index (κ3) is 14.5. The second-order valence-corrected chi connectivity index (χ2v) is 8.72. The van der Waals surface area contributed by atoms with Crippen LogP contribution in [0.25, 0.3) is 0 Å². The average Bonchev–Trinajstić information content (AvgIpc) is 2.50. The molecule has 0 saturated carbocycles. The van der Waals surface area contributed by atoms with E-state index >= 15 is 0 Å². The Morgan fingerprint density at radius 1 is 1.00 bits per heavy atom. The van der Waals surface area contributed by atoms with E-state index in [9.17, 15) is 0 Å². The SMILES string of the molecule is CCC.CC[Si]1(CC)OC/C=C\CCO1.OC/C=C\CCO. The van der Waals surface area contributed by atoms with Crippen molar-refractivity contribution in [1.82, 2.24) is 0 Å². The topological polar surface area (TPSA) is 58.9 Å². The first-order valence-corrected chi connectivity index (χ1v) is 10.7. The van der Waals surface area contributed by atoms with Gasteiger partial charge in [-0.2, -0.15) is 0 Å². The fourth-order valence-corrected chi connectivity index (χ4v) is 3.96. The number of aliphatic hydroxyl groups excluding tert-OH is 2. The lowest BCUT2D eigenvalue weighted by molar-refractivity contribution is 0.182. The molecule has 0 saturated heterocycles. The third-order valence-corrected chi connectivity index (χ3v) is 6.48. The minimum atomic E-state index is -1.76. The molecule has 0 aromatic heterocycles. The molecule has 22 heavy (non-hydrogen) atoms. The van der Waals surface area contributed by atoms with Crippen LogP contribution >= 0.6 is 0 Å². The van der Waals surface area contributed by atoms with Crippen LogP contribution in [0.4, 0.5) is 0 Å². The van der Waals surface area contributed by atoms with Gasteiger partial charge < -0.3 is 19.1 Å². The van der Waals surface area contributed by atoms with E-state index in [1.807, 2.05) is 0 Å². The van der Waals surface area contributed by atoms with Crippen molar-refractivity contribution < 1.29 is 19.1 Å². The maximum Gasteiger partial charge on any atom is 0.337 e. The second-order valence-electron chi connectivity index (χ2n) is 4.91. The number of hydrogen-bond donors (Lipinski definition) is 2. The highest BCUT2D eigenvalue weighted by Crippen LogP contribution is 2.19. The first-order valence-electron chi connectivity index (χ1n) is 8.45. The molecule has 1 heterocycles. The molecule has 0 fully saturated rings. The Labute approximate surface area is 138 Å². The Hall–Kier alpha value is -0.463. The van der Waals surface area contributed by atoms with Gasteiger partial charge in [-0.3, -0.25) is 0 Å². The molecular weight excluding hydrogens is 296 g/mol. The molecule has 0 bridgehead atoms.